The zero-order valence-electron chi connectivity index (χ0n) is 13.2. The molecule has 1 aromatic rings. The van der Waals surface area contributed by atoms with Gasteiger partial charge in [-0.2, -0.15) is 5.10 Å². The Morgan fingerprint density at radius 3 is 2.43 bits per heavy atom. The number of hydrogen-bond acceptors (Lipinski definition) is 5. The van der Waals surface area contributed by atoms with Gasteiger partial charge in [-0.3, -0.25) is 4.79 Å². The number of aromatic nitrogens is 3. The molecule has 0 aliphatic carbocycles. The minimum absolute atomic E-state index is 0.121. The van der Waals surface area contributed by atoms with E-state index in [9.17, 15) is 4.79 Å². The van der Waals surface area contributed by atoms with E-state index >= 15 is 0 Å². The van der Waals surface area contributed by atoms with Crippen LogP contribution in [0.5, 0.6) is 0 Å². The highest BCUT2D eigenvalue weighted by Gasteiger charge is 2.22. The summed E-state index contributed by atoms with van der Waals surface area (Å²) in [5, 5.41) is 11.4. The molecule has 1 aromatic heterocycles. The number of carbonyl (C=O) groups excluding carboxylic acids is 1. The Morgan fingerprint density at radius 2 is 1.81 bits per heavy atom. The Morgan fingerprint density at radius 1 is 1.14 bits per heavy atom. The number of piperidine rings is 1. The number of rotatable bonds is 5. The first-order valence-corrected chi connectivity index (χ1v) is 7.93. The molecule has 6 heteroatoms. The highest BCUT2D eigenvalue weighted by Crippen LogP contribution is 2.12. The van der Waals surface area contributed by atoms with E-state index in [2.05, 4.69) is 27.4 Å². The number of anilines is 1. The second kappa shape index (κ2) is 7.33. The van der Waals surface area contributed by atoms with Gasteiger partial charge in [-0.1, -0.05) is 13.8 Å². The average molecular weight is 291 g/mol. The SMILES string of the molecule is CCc1nnc(NC(C)C(=O)N2CCCCC2)nc1CC. The molecule has 21 heavy (non-hydrogen) atoms. The van der Waals surface area contributed by atoms with Crippen molar-refractivity contribution in [3.63, 3.8) is 0 Å². The average Bonchev–Trinajstić information content (AvgIpc) is 2.54. The van der Waals surface area contributed by atoms with Crippen LogP contribution in [-0.2, 0) is 17.6 Å². The van der Waals surface area contributed by atoms with Crippen molar-refractivity contribution in [2.24, 2.45) is 0 Å². The van der Waals surface area contributed by atoms with Crippen LogP contribution >= 0.6 is 0 Å². The van der Waals surface area contributed by atoms with Gasteiger partial charge in [0.2, 0.25) is 11.9 Å². The van der Waals surface area contributed by atoms with Gasteiger partial charge in [0.15, 0.2) is 0 Å². The highest BCUT2D eigenvalue weighted by atomic mass is 16.2. The lowest BCUT2D eigenvalue weighted by Gasteiger charge is -2.29. The molecular weight excluding hydrogens is 266 g/mol. The van der Waals surface area contributed by atoms with Crippen molar-refractivity contribution >= 4 is 11.9 Å². The van der Waals surface area contributed by atoms with Gasteiger partial charge < -0.3 is 10.2 Å². The van der Waals surface area contributed by atoms with Gasteiger partial charge in [0.1, 0.15) is 6.04 Å². The van der Waals surface area contributed by atoms with E-state index in [1.807, 2.05) is 18.7 Å². The van der Waals surface area contributed by atoms with E-state index < -0.39 is 0 Å². The fraction of sp³-hybridized carbons (Fsp3) is 0.733. The van der Waals surface area contributed by atoms with Crippen LogP contribution in [0.3, 0.4) is 0 Å². The van der Waals surface area contributed by atoms with Crippen LogP contribution in [0, 0.1) is 0 Å². The molecular formula is C15H25N5O. The zero-order valence-corrected chi connectivity index (χ0v) is 13.2. The van der Waals surface area contributed by atoms with Gasteiger partial charge in [0.05, 0.1) is 11.4 Å². The molecule has 0 saturated carbocycles. The summed E-state index contributed by atoms with van der Waals surface area (Å²) in [6, 6.07) is -0.318. The van der Waals surface area contributed by atoms with E-state index in [0.717, 1.165) is 50.2 Å². The topological polar surface area (TPSA) is 71.0 Å². The van der Waals surface area contributed by atoms with E-state index in [0.29, 0.717) is 5.95 Å². The number of aryl methyl sites for hydroxylation is 2. The van der Waals surface area contributed by atoms with Gasteiger partial charge in [0.25, 0.3) is 0 Å². The lowest BCUT2D eigenvalue weighted by atomic mass is 10.1. The maximum Gasteiger partial charge on any atom is 0.244 e. The molecule has 0 aromatic carbocycles. The third-order valence-electron chi connectivity index (χ3n) is 3.89. The fourth-order valence-corrected chi connectivity index (χ4v) is 2.64. The second-order valence-corrected chi connectivity index (χ2v) is 5.49. The number of nitrogens with one attached hydrogen (secondary N) is 1. The van der Waals surface area contributed by atoms with Gasteiger partial charge in [-0.05, 0) is 39.0 Å². The molecule has 116 valence electrons. The molecule has 1 N–H and O–H groups in total. The lowest BCUT2D eigenvalue weighted by molar-refractivity contribution is -0.132. The van der Waals surface area contributed by atoms with E-state index in [1.165, 1.54) is 6.42 Å². The molecule has 1 saturated heterocycles. The normalized spacial score (nSPS) is 16.6. The Kier molecular flexibility index (Phi) is 5.47. The number of nitrogens with zero attached hydrogens (tertiary/aromatic N) is 4. The van der Waals surface area contributed by atoms with Gasteiger partial charge >= 0.3 is 0 Å². The molecule has 1 amide bonds. The number of carbonyl (C=O) groups is 1. The summed E-state index contributed by atoms with van der Waals surface area (Å²) < 4.78 is 0. The number of hydrogen-bond donors (Lipinski definition) is 1. The third-order valence-corrected chi connectivity index (χ3v) is 3.89. The van der Waals surface area contributed by atoms with Crippen molar-refractivity contribution in [2.45, 2.75) is 58.9 Å². The molecule has 0 spiro atoms. The van der Waals surface area contributed by atoms with Crippen molar-refractivity contribution in [1.29, 1.82) is 0 Å². The predicted octanol–water partition coefficient (Wildman–Crippen LogP) is 1.81. The molecule has 6 nitrogen and oxygen atoms in total. The molecule has 1 fully saturated rings. The Bertz CT molecular complexity index is 485. The van der Waals surface area contributed by atoms with Crippen molar-refractivity contribution < 1.29 is 4.79 Å². The molecule has 1 unspecified atom stereocenters. The Labute approximate surface area is 126 Å². The molecule has 1 atom stereocenters. The highest BCUT2D eigenvalue weighted by molar-refractivity contribution is 5.83. The summed E-state index contributed by atoms with van der Waals surface area (Å²) in [5.41, 5.74) is 1.88. The minimum Gasteiger partial charge on any atom is -0.341 e. The standard InChI is InChI=1S/C15H25N5O/c1-4-12-13(5-2)18-19-15(17-12)16-11(3)14(21)20-9-7-6-8-10-20/h11H,4-10H2,1-3H3,(H,16,17,19). The summed E-state index contributed by atoms with van der Waals surface area (Å²) in [5.74, 6) is 0.567. The second-order valence-electron chi connectivity index (χ2n) is 5.49. The first-order valence-electron chi connectivity index (χ1n) is 7.93. The molecule has 1 aliphatic heterocycles. The van der Waals surface area contributed by atoms with Crippen molar-refractivity contribution in [3.8, 4) is 0 Å². The van der Waals surface area contributed by atoms with Crippen LogP contribution in [-0.4, -0.2) is 45.1 Å². The van der Waals surface area contributed by atoms with E-state index in [-0.39, 0.29) is 11.9 Å². The summed E-state index contributed by atoms with van der Waals surface area (Å²) in [4.78, 5) is 18.8. The summed E-state index contributed by atoms with van der Waals surface area (Å²) in [6.07, 6.45) is 5.06. The van der Waals surface area contributed by atoms with Crippen molar-refractivity contribution in [3.05, 3.63) is 11.4 Å². The van der Waals surface area contributed by atoms with Gasteiger partial charge in [-0.25, -0.2) is 4.98 Å². The molecule has 1 aliphatic rings. The monoisotopic (exact) mass is 291 g/mol. The first kappa shape index (κ1) is 15.7. The third kappa shape index (κ3) is 3.89. The van der Waals surface area contributed by atoms with E-state index in [4.69, 9.17) is 0 Å². The summed E-state index contributed by atoms with van der Waals surface area (Å²) >= 11 is 0. The van der Waals surface area contributed by atoms with Crippen LogP contribution in [0.15, 0.2) is 0 Å². The fourth-order valence-electron chi connectivity index (χ4n) is 2.64. The smallest absolute Gasteiger partial charge is 0.244 e. The van der Waals surface area contributed by atoms with Crippen LogP contribution in [0.2, 0.25) is 0 Å². The Balaban J connectivity index is 2.01. The molecule has 0 radical (unpaired) electrons. The molecule has 2 rings (SSSR count). The Hall–Kier alpha value is -1.72. The number of amides is 1. The largest absolute Gasteiger partial charge is 0.341 e. The van der Waals surface area contributed by atoms with Crippen LogP contribution < -0.4 is 5.32 Å². The van der Waals surface area contributed by atoms with E-state index in [1.54, 1.807) is 0 Å². The predicted molar refractivity (Wildman–Crippen MR) is 82.1 cm³/mol. The molecule has 2 heterocycles. The zero-order chi connectivity index (χ0) is 15.2. The van der Waals surface area contributed by atoms with Crippen LogP contribution in [0.4, 0.5) is 5.95 Å². The van der Waals surface area contributed by atoms with Crippen LogP contribution in [0.25, 0.3) is 0 Å². The number of likely N-dealkylation sites (tertiary alicyclic amines) is 1. The summed E-state index contributed by atoms with van der Waals surface area (Å²) in [7, 11) is 0. The van der Waals surface area contributed by atoms with Gasteiger partial charge in [-0.15, -0.1) is 5.10 Å². The van der Waals surface area contributed by atoms with Crippen LogP contribution in [0.1, 0.15) is 51.4 Å². The quantitative estimate of drug-likeness (QED) is 0.896. The summed E-state index contributed by atoms with van der Waals surface area (Å²) in [6.45, 7) is 7.67. The van der Waals surface area contributed by atoms with Gasteiger partial charge in [0, 0.05) is 13.1 Å². The van der Waals surface area contributed by atoms with Crippen molar-refractivity contribution in [2.75, 3.05) is 18.4 Å². The maximum absolute atomic E-state index is 12.4. The maximum atomic E-state index is 12.4. The van der Waals surface area contributed by atoms with Crippen molar-refractivity contribution in [1.82, 2.24) is 20.1 Å². The first-order chi connectivity index (χ1) is 10.2. The minimum atomic E-state index is -0.318. The molecule has 0 bridgehead atoms. The lowest BCUT2D eigenvalue weighted by Crippen LogP contribution is -2.44.